The minimum absolute atomic E-state index is 0.316. The van der Waals surface area contributed by atoms with Crippen molar-refractivity contribution in [2.75, 3.05) is 53.4 Å². The molecule has 138 valence electrons. The van der Waals surface area contributed by atoms with Crippen LogP contribution in [0.15, 0.2) is 0 Å². The monoisotopic (exact) mass is 335 g/mol. The Morgan fingerprint density at radius 2 is 1.83 bits per heavy atom. The molecule has 0 bridgehead atoms. The fraction of sp³-hybridized carbons (Fsp3) is 0.950. The fourth-order valence-electron chi connectivity index (χ4n) is 5.19. The number of piperidine rings is 1. The molecule has 1 saturated carbocycles. The van der Waals surface area contributed by atoms with Gasteiger partial charge in [0.1, 0.15) is 0 Å². The van der Waals surface area contributed by atoms with Gasteiger partial charge in [-0.15, -0.1) is 0 Å². The van der Waals surface area contributed by atoms with Crippen molar-refractivity contribution in [1.29, 1.82) is 0 Å². The Balaban J connectivity index is 1.47. The molecule has 0 aromatic heterocycles. The van der Waals surface area contributed by atoms with Crippen LogP contribution in [-0.4, -0.2) is 74.0 Å². The smallest absolute Gasteiger partial charge is 0.236 e. The lowest BCUT2D eigenvalue weighted by molar-refractivity contribution is -0.131. The number of rotatable bonds is 5. The Labute approximate surface area is 148 Å². The van der Waals surface area contributed by atoms with E-state index in [2.05, 4.69) is 9.80 Å². The summed E-state index contributed by atoms with van der Waals surface area (Å²) in [5, 5.41) is 0. The number of amides is 1. The molecule has 0 aromatic rings. The number of carbonyl (C=O) groups excluding carboxylic acids is 1. The van der Waals surface area contributed by atoms with E-state index in [-0.39, 0.29) is 0 Å². The molecule has 3 rings (SSSR count). The van der Waals surface area contributed by atoms with Gasteiger partial charge in [0.15, 0.2) is 0 Å². The molecule has 1 spiro atoms. The molecular weight excluding hydrogens is 298 g/mol. The number of carbonyl (C=O) groups is 1. The minimum atomic E-state index is 0.316. The number of hydrogen-bond acceptors (Lipinski definition) is 3. The Morgan fingerprint density at radius 3 is 2.58 bits per heavy atom. The summed E-state index contributed by atoms with van der Waals surface area (Å²) < 4.78 is 0. The first-order valence-electron chi connectivity index (χ1n) is 10.2. The second kappa shape index (κ2) is 8.18. The molecule has 2 saturated heterocycles. The van der Waals surface area contributed by atoms with Crippen molar-refractivity contribution < 1.29 is 4.79 Å². The van der Waals surface area contributed by atoms with Gasteiger partial charge < -0.3 is 14.7 Å². The third-order valence-electron chi connectivity index (χ3n) is 6.56. The van der Waals surface area contributed by atoms with Crippen LogP contribution < -0.4 is 0 Å². The summed E-state index contributed by atoms with van der Waals surface area (Å²) in [6, 6.07) is 0. The fourth-order valence-corrected chi connectivity index (χ4v) is 5.19. The van der Waals surface area contributed by atoms with Crippen LogP contribution in [0.4, 0.5) is 0 Å². The number of likely N-dealkylation sites (N-methyl/N-ethyl adjacent to an activating group) is 1. The highest BCUT2D eigenvalue weighted by Crippen LogP contribution is 2.39. The first-order chi connectivity index (χ1) is 11.6. The maximum atomic E-state index is 12.4. The van der Waals surface area contributed by atoms with Gasteiger partial charge in [-0.25, -0.2) is 0 Å². The molecule has 1 amide bonds. The molecule has 0 N–H and O–H groups in total. The predicted molar refractivity (Wildman–Crippen MR) is 99.1 cm³/mol. The average Bonchev–Trinajstić information content (AvgIpc) is 2.97. The van der Waals surface area contributed by atoms with E-state index in [0.29, 0.717) is 17.9 Å². The zero-order chi connectivity index (χ0) is 17.0. The largest absolute Gasteiger partial charge is 0.341 e. The molecule has 4 heteroatoms. The Morgan fingerprint density at radius 1 is 1.04 bits per heavy atom. The second-order valence-corrected chi connectivity index (χ2v) is 8.98. The number of nitrogens with zero attached hydrogens (tertiary/aromatic N) is 3. The van der Waals surface area contributed by atoms with Gasteiger partial charge in [-0.3, -0.25) is 4.79 Å². The van der Waals surface area contributed by atoms with Gasteiger partial charge in [0, 0.05) is 25.0 Å². The van der Waals surface area contributed by atoms with Crippen molar-refractivity contribution in [2.45, 2.75) is 57.8 Å². The van der Waals surface area contributed by atoms with Crippen LogP contribution in [0.1, 0.15) is 57.8 Å². The zero-order valence-electron chi connectivity index (χ0n) is 15.9. The topological polar surface area (TPSA) is 26.8 Å². The Kier molecular flexibility index (Phi) is 6.20. The summed E-state index contributed by atoms with van der Waals surface area (Å²) >= 11 is 0. The second-order valence-electron chi connectivity index (χ2n) is 8.98. The van der Waals surface area contributed by atoms with E-state index in [1.54, 1.807) is 0 Å². The van der Waals surface area contributed by atoms with Crippen LogP contribution in [0.3, 0.4) is 0 Å². The number of hydrogen-bond donors (Lipinski definition) is 0. The van der Waals surface area contributed by atoms with Gasteiger partial charge in [0.05, 0.1) is 6.54 Å². The molecule has 24 heavy (non-hydrogen) atoms. The summed E-state index contributed by atoms with van der Waals surface area (Å²) in [4.78, 5) is 19.2. The first kappa shape index (κ1) is 18.2. The molecule has 1 atom stereocenters. The minimum Gasteiger partial charge on any atom is -0.341 e. The normalized spacial score (nSPS) is 29.7. The summed E-state index contributed by atoms with van der Waals surface area (Å²) in [5.74, 6) is 1.30. The standard InChI is InChI=1S/C20H37N3O/c1-21(2)15-19(24)23-14-11-20(17-23)10-6-12-22(16-20)13-9-18-7-4-3-5-8-18/h18H,3-17H2,1-2H3/t20-/m1/s1. The van der Waals surface area contributed by atoms with Gasteiger partial charge in [-0.2, -0.15) is 0 Å². The van der Waals surface area contributed by atoms with Crippen LogP contribution >= 0.6 is 0 Å². The van der Waals surface area contributed by atoms with Crippen LogP contribution in [-0.2, 0) is 4.79 Å². The Hall–Kier alpha value is -0.610. The van der Waals surface area contributed by atoms with E-state index in [4.69, 9.17) is 0 Å². The zero-order valence-corrected chi connectivity index (χ0v) is 15.9. The van der Waals surface area contributed by atoms with E-state index in [9.17, 15) is 4.79 Å². The van der Waals surface area contributed by atoms with Crippen molar-refractivity contribution in [3.63, 3.8) is 0 Å². The SMILES string of the molecule is CN(C)CC(=O)N1CC[C@@]2(CCCN(CCC3CCCCC3)C2)C1. The molecule has 4 nitrogen and oxygen atoms in total. The summed E-state index contributed by atoms with van der Waals surface area (Å²) in [6.07, 6.45) is 12.6. The lowest BCUT2D eigenvalue weighted by atomic mass is 9.79. The van der Waals surface area contributed by atoms with E-state index in [1.165, 1.54) is 77.4 Å². The lowest BCUT2D eigenvalue weighted by Crippen LogP contribution is -2.46. The van der Waals surface area contributed by atoms with Crippen LogP contribution in [0.2, 0.25) is 0 Å². The van der Waals surface area contributed by atoms with Gasteiger partial charge in [0.25, 0.3) is 0 Å². The highest BCUT2D eigenvalue weighted by atomic mass is 16.2. The molecule has 2 heterocycles. The highest BCUT2D eigenvalue weighted by molar-refractivity contribution is 5.78. The van der Waals surface area contributed by atoms with E-state index < -0.39 is 0 Å². The lowest BCUT2D eigenvalue weighted by Gasteiger charge is -2.41. The van der Waals surface area contributed by atoms with Gasteiger partial charge >= 0.3 is 0 Å². The maximum Gasteiger partial charge on any atom is 0.236 e. The van der Waals surface area contributed by atoms with E-state index in [1.807, 2.05) is 19.0 Å². The molecule has 0 unspecified atom stereocenters. The van der Waals surface area contributed by atoms with Crippen LogP contribution in [0.5, 0.6) is 0 Å². The summed E-state index contributed by atoms with van der Waals surface area (Å²) in [7, 11) is 3.97. The third kappa shape index (κ3) is 4.72. The molecule has 3 aliphatic rings. The first-order valence-corrected chi connectivity index (χ1v) is 10.2. The van der Waals surface area contributed by atoms with Crippen molar-refractivity contribution in [1.82, 2.24) is 14.7 Å². The number of likely N-dealkylation sites (tertiary alicyclic amines) is 2. The Bertz CT molecular complexity index is 419. The molecular formula is C20H37N3O. The van der Waals surface area contributed by atoms with E-state index >= 15 is 0 Å². The summed E-state index contributed by atoms with van der Waals surface area (Å²) in [5.41, 5.74) is 0.396. The maximum absolute atomic E-state index is 12.4. The molecule has 0 radical (unpaired) electrons. The molecule has 2 aliphatic heterocycles. The van der Waals surface area contributed by atoms with Gasteiger partial charge in [0.2, 0.25) is 5.91 Å². The van der Waals surface area contributed by atoms with Gasteiger partial charge in [-0.05, 0) is 58.8 Å². The van der Waals surface area contributed by atoms with Crippen molar-refractivity contribution in [3.8, 4) is 0 Å². The van der Waals surface area contributed by atoms with Crippen LogP contribution in [0, 0.1) is 11.3 Å². The predicted octanol–water partition coefficient (Wildman–Crippen LogP) is 2.83. The third-order valence-corrected chi connectivity index (χ3v) is 6.56. The summed E-state index contributed by atoms with van der Waals surface area (Å²) in [6.45, 7) is 6.33. The molecule has 3 fully saturated rings. The van der Waals surface area contributed by atoms with Crippen LogP contribution in [0.25, 0.3) is 0 Å². The van der Waals surface area contributed by atoms with Gasteiger partial charge in [-0.1, -0.05) is 32.1 Å². The highest BCUT2D eigenvalue weighted by Gasteiger charge is 2.42. The molecule has 1 aliphatic carbocycles. The van der Waals surface area contributed by atoms with E-state index in [0.717, 1.165) is 19.0 Å². The van der Waals surface area contributed by atoms with Crippen molar-refractivity contribution >= 4 is 5.91 Å². The van der Waals surface area contributed by atoms with Crippen molar-refractivity contribution in [3.05, 3.63) is 0 Å². The average molecular weight is 336 g/mol. The van der Waals surface area contributed by atoms with Crippen molar-refractivity contribution in [2.24, 2.45) is 11.3 Å². The quantitative estimate of drug-likeness (QED) is 0.773. The molecule has 0 aromatic carbocycles.